The van der Waals surface area contributed by atoms with Gasteiger partial charge in [0.25, 0.3) is 0 Å². The van der Waals surface area contributed by atoms with E-state index >= 15 is 0 Å². The monoisotopic (exact) mass is 380 g/mol. The number of fused-ring (bicyclic) bond motifs is 1. The highest BCUT2D eigenvalue weighted by Crippen LogP contribution is 2.33. The van der Waals surface area contributed by atoms with Gasteiger partial charge in [-0.05, 0) is 42.5 Å². The summed E-state index contributed by atoms with van der Waals surface area (Å²) in [5, 5.41) is 0. The molecule has 0 unspecified atom stereocenters. The number of Topliss-reactive ketones (excluding diaryl/α,β-unsaturated/α-hetero) is 1. The van der Waals surface area contributed by atoms with E-state index in [2.05, 4.69) is 0 Å². The zero-order valence-electron chi connectivity index (χ0n) is 15.8. The smallest absolute Gasteiger partial charge is 0.338 e. The number of benzene rings is 2. The number of carbonyl (C=O) groups is 2. The average Bonchev–Trinajstić information content (AvgIpc) is 2.77. The van der Waals surface area contributed by atoms with Gasteiger partial charge in [-0.1, -0.05) is 43.5 Å². The highest BCUT2D eigenvalue weighted by atomic mass is 16.6. The molecule has 4 rings (SSSR count). The Bertz CT molecular complexity index is 850. The van der Waals surface area contributed by atoms with Gasteiger partial charge < -0.3 is 14.2 Å². The second kappa shape index (κ2) is 8.46. The molecule has 2 aromatic carbocycles. The molecule has 1 aliphatic heterocycles. The zero-order chi connectivity index (χ0) is 19.3. The van der Waals surface area contributed by atoms with Gasteiger partial charge in [0.05, 0.1) is 5.56 Å². The van der Waals surface area contributed by atoms with E-state index in [-0.39, 0.29) is 12.4 Å². The lowest BCUT2D eigenvalue weighted by atomic mass is 9.84. The van der Waals surface area contributed by atoms with Gasteiger partial charge in [0, 0.05) is 5.56 Å². The van der Waals surface area contributed by atoms with E-state index in [1.54, 1.807) is 18.2 Å². The summed E-state index contributed by atoms with van der Waals surface area (Å²) in [5.41, 5.74) is 2.20. The molecule has 0 spiro atoms. The van der Waals surface area contributed by atoms with Gasteiger partial charge in [-0.2, -0.15) is 0 Å². The largest absolute Gasteiger partial charge is 0.486 e. The van der Waals surface area contributed by atoms with Crippen molar-refractivity contribution in [3.8, 4) is 11.5 Å². The van der Waals surface area contributed by atoms with Crippen LogP contribution >= 0.6 is 0 Å². The Kier molecular flexibility index (Phi) is 5.60. The molecule has 1 saturated carbocycles. The van der Waals surface area contributed by atoms with E-state index in [4.69, 9.17) is 14.2 Å². The fourth-order valence-electron chi connectivity index (χ4n) is 3.85. The fraction of sp³-hybridized carbons (Fsp3) is 0.391. The molecule has 1 aliphatic carbocycles. The molecule has 1 heterocycles. The van der Waals surface area contributed by atoms with E-state index in [1.807, 2.05) is 24.3 Å². The maximum absolute atomic E-state index is 12.4. The molecule has 0 N–H and O–H groups in total. The van der Waals surface area contributed by atoms with Crippen LogP contribution in [-0.4, -0.2) is 31.6 Å². The molecule has 0 bridgehead atoms. The normalized spacial score (nSPS) is 16.4. The molecule has 5 nitrogen and oxygen atoms in total. The summed E-state index contributed by atoms with van der Waals surface area (Å²) in [6, 6.07) is 12.6. The van der Waals surface area contributed by atoms with Crippen LogP contribution in [0, 0.1) is 0 Å². The van der Waals surface area contributed by atoms with Crippen molar-refractivity contribution >= 4 is 11.8 Å². The predicted molar refractivity (Wildman–Crippen MR) is 104 cm³/mol. The molecule has 0 aromatic heterocycles. The summed E-state index contributed by atoms with van der Waals surface area (Å²) in [7, 11) is 0. The van der Waals surface area contributed by atoms with Gasteiger partial charge in [0.1, 0.15) is 13.2 Å². The second-order valence-electron chi connectivity index (χ2n) is 7.31. The van der Waals surface area contributed by atoms with Crippen molar-refractivity contribution in [2.75, 3.05) is 19.8 Å². The van der Waals surface area contributed by atoms with Gasteiger partial charge in [-0.15, -0.1) is 0 Å². The maximum Gasteiger partial charge on any atom is 0.338 e. The highest BCUT2D eigenvalue weighted by Gasteiger charge is 2.18. The Morgan fingerprint density at radius 3 is 2.29 bits per heavy atom. The summed E-state index contributed by atoms with van der Waals surface area (Å²) >= 11 is 0. The number of carbonyl (C=O) groups excluding carboxylic acids is 2. The lowest BCUT2D eigenvalue weighted by Crippen LogP contribution is -2.17. The van der Waals surface area contributed by atoms with Crippen LogP contribution < -0.4 is 9.47 Å². The first kappa shape index (κ1) is 18.5. The maximum atomic E-state index is 12.4. The SMILES string of the molecule is O=C(COC(=O)c1ccc2c(c1)OCCO2)c1ccc(C2CCCCC2)cc1. The van der Waals surface area contributed by atoms with Crippen molar-refractivity contribution in [2.24, 2.45) is 0 Å². The first-order chi connectivity index (χ1) is 13.7. The zero-order valence-corrected chi connectivity index (χ0v) is 15.8. The van der Waals surface area contributed by atoms with E-state index in [0.29, 0.717) is 41.8 Å². The van der Waals surface area contributed by atoms with Gasteiger partial charge in [-0.25, -0.2) is 4.79 Å². The van der Waals surface area contributed by atoms with Crippen LogP contribution in [-0.2, 0) is 4.74 Å². The van der Waals surface area contributed by atoms with Crippen molar-refractivity contribution in [1.29, 1.82) is 0 Å². The van der Waals surface area contributed by atoms with E-state index in [0.717, 1.165) is 0 Å². The number of hydrogen-bond acceptors (Lipinski definition) is 5. The Labute approximate surface area is 164 Å². The Balaban J connectivity index is 1.34. The molecule has 2 aromatic rings. The third kappa shape index (κ3) is 4.19. The minimum absolute atomic E-state index is 0.207. The van der Waals surface area contributed by atoms with Crippen molar-refractivity contribution in [3.05, 3.63) is 59.2 Å². The molecule has 1 fully saturated rings. The summed E-state index contributed by atoms with van der Waals surface area (Å²) in [6.45, 7) is 0.654. The predicted octanol–water partition coefficient (Wildman–Crippen LogP) is 4.55. The van der Waals surface area contributed by atoms with Crippen LogP contribution in [0.5, 0.6) is 11.5 Å². The van der Waals surface area contributed by atoms with Crippen LogP contribution in [0.15, 0.2) is 42.5 Å². The highest BCUT2D eigenvalue weighted by molar-refractivity contribution is 5.99. The van der Waals surface area contributed by atoms with Crippen molar-refractivity contribution in [3.63, 3.8) is 0 Å². The number of esters is 1. The van der Waals surface area contributed by atoms with Crippen LogP contribution in [0.3, 0.4) is 0 Å². The van der Waals surface area contributed by atoms with E-state index in [9.17, 15) is 9.59 Å². The quantitative estimate of drug-likeness (QED) is 0.563. The average molecular weight is 380 g/mol. The molecule has 0 radical (unpaired) electrons. The second-order valence-corrected chi connectivity index (χ2v) is 7.31. The number of ether oxygens (including phenoxy) is 3. The lowest BCUT2D eigenvalue weighted by Gasteiger charge is -2.22. The first-order valence-corrected chi connectivity index (χ1v) is 9.90. The molecule has 0 atom stereocenters. The minimum Gasteiger partial charge on any atom is -0.486 e. The number of ketones is 1. The van der Waals surface area contributed by atoms with Crippen LogP contribution in [0.1, 0.15) is 64.3 Å². The lowest BCUT2D eigenvalue weighted by molar-refractivity contribution is 0.0474. The third-order valence-corrected chi connectivity index (χ3v) is 5.42. The topological polar surface area (TPSA) is 61.8 Å². The van der Waals surface area contributed by atoms with Crippen LogP contribution in [0.4, 0.5) is 0 Å². The first-order valence-electron chi connectivity index (χ1n) is 9.90. The van der Waals surface area contributed by atoms with E-state index < -0.39 is 5.97 Å². The van der Waals surface area contributed by atoms with Gasteiger partial charge >= 0.3 is 5.97 Å². The molecular weight excluding hydrogens is 356 g/mol. The number of hydrogen-bond donors (Lipinski definition) is 0. The van der Waals surface area contributed by atoms with E-state index in [1.165, 1.54) is 37.7 Å². The van der Waals surface area contributed by atoms with Gasteiger partial charge in [0.15, 0.2) is 23.9 Å². The molecule has 5 heteroatoms. The number of rotatable bonds is 5. The Hall–Kier alpha value is -2.82. The summed E-state index contributed by atoms with van der Waals surface area (Å²) in [6.07, 6.45) is 6.32. The van der Waals surface area contributed by atoms with Gasteiger partial charge in [-0.3, -0.25) is 4.79 Å². The van der Waals surface area contributed by atoms with Crippen molar-refractivity contribution in [1.82, 2.24) is 0 Å². The minimum atomic E-state index is -0.552. The molecule has 0 saturated heterocycles. The molecule has 28 heavy (non-hydrogen) atoms. The Morgan fingerprint density at radius 1 is 0.857 bits per heavy atom. The summed E-state index contributed by atoms with van der Waals surface area (Å²) in [4.78, 5) is 24.6. The van der Waals surface area contributed by atoms with Crippen LogP contribution in [0.25, 0.3) is 0 Å². The molecule has 0 amide bonds. The summed E-state index contributed by atoms with van der Waals surface area (Å²) in [5.74, 6) is 0.971. The molecule has 2 aliphatic rings. The van der Waals surface area contributed by atoms with Crippen molar-refractivity contribution < 1.29 is 23.8 Å². The fourth-order valence-corrected chi connectivity index (χ4v) is 3.85. The van der Waals surface area contributed by atoms with Crippen molar-refractivity contribution in [2.45, 2.75) is 38.0 Å². The summed E-state index contributed by atoms with van der Waals surface area (Å²) < 4.78 is 16.1. The van der Waals surface area contributed by atoms with Crippen LogP contribution in [0.2, 0.25) is 0 Å². The van der Waals surface area contributed by atoms with Gasteiger partial charge in [0.2, 0.25) is 0 Å². The Morgan fingerprint density at radius 2 is 1.54 bits per heavy atom. The molecular formula is C23H24O5. The third-order valence-electron chi connectivity index (χ3n) is 5.42. The standard InChI is InChI=1S/C23H24O5/c24-20(18-8-6-17(7-9-18)16-4-2-1-3-5-16)15-28-23(25)19-10-11-21-22(14-19)27-13-12-26-21/h6-11,14,16H,1-5,12-13,15H2. The molecule has 146 valence electrons.